The van der Waals surface area contributed by atoms with Crippen LogP contribution in [0.15, 0.2) is 48.5 Å². The second-order valence-corrected chi connectivity index (χ2v) is 5.98. The number of halogens is 1. The Bertz CT molecular complexity index is 776. The van der Waals surface area contributed by atoms with Gasteiger partial charge in [-0.3, -0.25) is 9.59 Å². The number of carbonyl (C=O) groups excluding carboxylic acids is 2. The number of amides is 2. The second-order valence-electron chi connectivity index (χ2n) is 5.98. The molecule has 0 radical (unpaired) electrons. The van der Waals surface area contributed by atoms with E-state index in [1.165, 1.54) is 29.2 Å². The van der Waals surface area contributed by atoms with Gasteiger partial charge in [0.15, 0.2) is 0 Å². The Hall–Kier alpha value is -2.73. The van der Waals surface area contributed by atoms with Crippen molar-refractivity contribution in [3.05, 3.63) is 65.5 Å². The third kappa shape index (κ3) is 4.03. The Morgan fingerprint density at radius 3 is 2.64 bits per heavy atom. The number of para-hydroxylation sites is 1. The minimum atomic E-state index is -0.936. The minimum Gasteiger partial charge on any atom is -0.387 e. The van der Waals surface area contributed by atoms with Gasteiger partial charge in [-0.15, -0.1) is 0 Å². The zero-order valence-electron chi connectivity index (χ0n) is 13.6. The fourth-order valence-corrected chi connectivity index (χ4v) is 2.88. The van der Waals surface area contributed by atoms with E-state index < -0.39 is 6.10 Å². The van der Waals surface area contributed by atoms with Crippen LogP contribution in [0.3, 0.4) is 0 Å². The predicted octanol–water partition coefficient (Wildman–Crippen LogP) is 1.95. The van der Waals surface area contributed by atoms with Crippen LogP contribution >= 0.6 is 0 Å². The van der Waals surface area contributed by atoms with Gasteiger partial charge >= 0.3 is 0 Å². The van der Waals surface area contributed by atoms with Crippen molar-refractivity contribution >= 4 is 17.5 Å². The van der Waals surface area contributed by atoms with E-state index in [0.29, 0.717) is 18.4 Å². The van der Waals surface area contributed by atoms with E-state index in [-0.39, 0.29) is 30.7 Å². The van der Waals surface area contributed by atoms with Gasteiger partial charge in [-0.05, 0) is 35.7 Å². The zero-order valence-corrected chi connectivity index (χ0v) is 13.6. The number of anilines is 1. The van der Waals surface area contributed by atoms with E-state index in [9.17, 15) is 19.1 Å². The van der Waals surface area contributed by atoms with E-state index >= 15 is 0 Å². The molecule has 2 N–H and O–H groups in total. The fraction of sp³-hybridized carbons (Fsp3) is 0.263. The molecule has 25 heavy (non-hydrogen) atoms. The lowest BCUT2D eigenvalue weighted by atomic mass is 10.0. The molecular weight excluding hydrogens is 323 g/mol. The second kappa shape index (κ2) is 7.44. The molecule has 0 saturated carbocycles. The molecule has 0 spiro atoms. The number of carbonyl (C=O) groups is 2. The van der Waals surface area contributed by atoms with Crippen molar-refractivity contribution in [1.29, 1.82) is 0 Å². The van der Waals surface area contributed by atoms with Gasteiger partial charge in [-0.1, -0.05) is 30.3 Å². The summed E-state index contributed by atoms with van der Waals surface area (Å²) >= 11 is 0. The summed E-state index contributed by atoms with van der Waals surface area (Å²) in [5.74, 6) is -0.832. The number of fused-ring (bicyclic) bond motifs is 1. The smallest absolute Gasteiger partial charge is 0.240 e. The highest BCUT2D eigenvalue weighted by atomic mass is 19.1. The third-order valence-electron chi connectivity index (χ3n) is 4.24. The predicted molar refractivity (Wildman–Crippen MR) is 91.5 cm³/mol. The molecule has 3 rings (SSSR count). The van der Waals surface area contributed by atoms with E-state index in [4.69, 9.17) is 0 Å². The van der Waals surface area contributed by atoms with Gasteiger partial charge in [0.1, 0.15) is 12.4 Å². The van der Waals surface area contributed by atoms with Crippen LogP contribution in [0.5, 0.6) is 0 Å². The van der Waals surface area contributed by atoms with E-state index in [1.54, 1.807) is 0 Å². The standard InChI is InChI=1S/C19H19FN2O3/c20-15-8-5-14(6-9-15)17(23)11-21-18(24)12-22-16-4-2-1-3-13(16)7-10-19(22)25/h1-6,8-9,17,23H,7,10-12H2,(H,21,24). The number of benzene rings is 2. The van der Waals surface area contributed by atoms with Crippen LogP contribution in [0.4, 0.5) is 10.1 Å². The number of nitrogens with one attached hydrogen (secondary N) is 1. The number of aliphatic hydroxyl groups is 1. The van der Waals surface area contributed by atoms with Crippen molar-refractivity contribution in [2.24, 2.45) is 0 Å². The normalized spacial score (nSPS) is 14.8. The van der Waals surface area contributed by atoms with Crippen molar-refractivity contribution in [2.45, 2.75) is 18.9 Å². The molecule has 6 heteroatoms. The first-order valence-corrected chi connectivity index (χ1v) is 8.13. The van der Waals surface area contributed by atoms with Crippen LogP contribution in [-0.2, 0) is 16.0 Å². The number of aryl methyl sites for hydroxylation is 1. The summed E-state index contributed by atoms with van der Waals surface area (Å²) in [5, 5.41) is 12.7. The molecule has 0 aliphatic carbocycles. The van der Waals surface area contributed by atoms with Crippen LogP contribution in [-0.4, -0.2) is 30.0 Å². The molecular formula is C19H19FN2O3. The molecule has 0 aromatic heterocycles. The van der Waals surface area contributed by atoms with E-state index in [2.05, 4.69) is 5.32 Å². The lowest BCUT2D eigenvalue weighted by Gasteiger charge is -2.29. The molecule has 2 amide bonds. The molecule has 1 aliphatic rings. The van der Waals surface area contributed by atoms with Crippen LogP contribution < -0.4 is 10.2 Å². The maximum Gasteiger partial charge on any atom is 0.240 e. The summed E-state index contributed by atoms with van der Waals surface area (Å²) in [6.07, 6.45) is 0.118. The first kappa shape index (κ1) is 17.1. The van der Waals surface area contributed by atoms with Crippen LogP contribution in [0.2, 0.25) is 0 Å². The molecule has 0 saturated heterocycles. The largest absolute Gasteiger partial charge is 0.387 e. The van der Waals surface area contributed by atoms with Crippen molar-refractivity contribution < 1.29 is 19.1 Å². The molecule has 130 valence electrons. The molecule has 0 fully saturated rings. The zero-order chi connectivity index (χ0) is 17.8. The molecule has 1 unspecified atom stereocenters. The Morgan fingerprint density at radius 1 is 1.16 bits per heavy atom. The molecule has 1 atom stereocenters. The lowest BCUT2D eigenvalue weighted by molar-refractivity contribution is -0.124. The minimum absolute atomic E-state index is 0.00581. The molecule has 1 heterocycles. The van der Waals surface area contributed by atoms with E-state index in [0.717, 1.165) is 11.3 Å². The van der Waals surface area contributed by atoms with Gasteiger partial charge in [0.25, 0.3) is 0 Å². The Kier molecular flexibility index (Phi) is 5.09. The summed E-state index contributed by atoms with van der Waals surface area (Å²) in [6, 6.07) is 13.0. The summed E-state index contributed by atoms with van der Waals surface area (Å²) in [7, 11) is 0. The topological polar surface area (TPSA) is 69.6 Å². The molecule has 1 aliphatic heterocycles. The first-order chi connectivity index (χ1) is 12.0. The summed E-state index contributed by atoms with van der Waals surface area (Å²) < 4.78 is 12.9. The average Bonchev–Trinajstić information content (AvgIpc) is 2.63. The van der Waals surface area contributed by atoms with Gasteiger partial charge in [-0.2, -0.15) is 0 Å². The Labute approximate surface area is 145 Å². The van der Waals surface area contributed by atoms with Gasteiger partial charge in [0, 0.05) is 18.7 Å². The van der Waals surface area contributed by atoms with Crippen LogP contribution in [0.1, 0.15) is 23.7 Å². The van der Waals surface area contributed by atoms with Crippen molar-refractivity contribution in [1.82, 2.24) is 5.32 Å². The van der Waals surface area contributed by atoms with Gasteiger partial charge in [0.2, 0.25) is 11.8 Å². The number of hydrogen-bond donors (Lipinski definition) is 2. The van der Waals surface area contributed by atoms with Crippen molar-refractivity contribution in [3.8, 4) is 0 Å². The van der Waals surface area contributed by atoms with Crippen LogP contribution in [0, 0.1) is 5.82 Å². The highest BCUT2D eigenvalue weighted by molar-refractivity contribution is 6.00. The summed E-state index contributed by atoms with van der Waals surface area (Å²) in [6.45, 7) is -0.0971. The molecule has 0 bridgehead atoms. The highest BCUT2D eigenvalue weighted by Crippen LogP contribution is 2.27. The summed E-state index contributed by atoms with van der Waals surface area (Å²) in [4.78, 5) is 25.8. The molecule has 2 aromatic rings. The number of nitrogens with zero attached hydrogens (tertiary/aromatic N) is 1. The van der Waals surface area contributed by atoms with Crippen LogP contribution in [0.25, 0.3) is 0 Å². The average molecular weight is 342 g/mol. The fourth-order valence-electron chi connectivity index (χ4n) is 2.88. The summed E-state index contributed by atoms with van der Waals surface area (Å²) in [5.41, 5.74) is 2.32. The lowest BCUT2D eigenvalue weighted by Crippen LogP contribution is -2.43. The number of aliphatic hydroxyl groups excluding tert-OH is 1. The van der Waals surface area contributed by atoms with Crippen molar-refractivity contribution in [2.75, 3.05) is 18.0 Å². The number of hydrogen-bond acceptors (Lipinski definition) is 3. The maximum absolute atomic E-state index is 12.9. The Morgan fingerprint density at radius 2 is 1.88 bits per heavy atom. The number of rotatable bonds is 5. The monoisotopic (exact) mass is 342 g/mol. The van der Waals surface area contributed by atoms with E-state index in [1.807, 2.05) is 24.3 Å². The Balaban J connectivity index is 1.59. The third-order valence-corrected chi connectivity index (χ3v) is 4.24. The SMILES string of the molecule is O=C(CN1C(=O)CCc2ccccc21)NCC(O)c1ccc(F)cc1. The molecule has 5 nitrogen and oxygen atoms in total. The quantitative estimate of drug-likeness (QED) is 0.873. The maximum atomic E-state index is 12.9. The highest BCUT2D eigenvalue weighted by Gasteiger charge is 2.25. The van der Waals surface area contributed by atoms with Gasteiger partial charge in [0.05, 0.1) is 6.10 Å². The van der Waals surface area contributed by atoms with Gasteiger partial charge in [-0.25, -0.2) is 4.39 Å². The molecule has 2 aromatic carbocycles. The van der Waals surface area contributed by atoms with Crippen molar-refractivity contribution in [3.63, 3.8) is 0 Å². The first-order valence-electron chi connectivity index (χ1n) is 8.13. The van der Waals surface area contributed by atoms with Gasteiger partial charge < -0.3 is 15.3 Å².